The second-order valence-corrected chi connectivity index (χ2v) is 4.68. The Balaban J connectivity index is 3.24. The van der Waals surface area contributed by atoms with E-state index in [0.29, 0.717) is 0 Å². The standard InChI is InChI=1S/C12H25BrO/c1-3-5-8-12(4-2)11-14-10-7-6-9-13/h12H,3-11H2,1-2H3. The number of hydrogen-bond acceptors (Lipinski definition) is 1. The summed E-state index contributed by atoms with van der Waals surface area (Å²) in [5.74, 6) is 0.791. The van der Waals surface area contributed by atoms with Gasteiger partial charge in [-0.3, -0.25) is 0 Å². The van der Waals surface area contributed by atoms with Crippen LogP contribution in [0.2, 0.25) is 0 Å². The minimum atomic E-state index is 0.791. The summed E-state index contributed by atoms with van der Waals surface area (Å²) < 4.78 is 5.66. The summed E-state index contributed by atoms with van der Waals surface area (Å²) in [5.41, 5.74) is 0. The molecule has 0 aromatic rings. The van der Waals surface area contributed by atoms with E-state index in [1.54, 1.807) is 0 Å². The summed E-state index contributed by atoms with van der Waals surface area (Å²) in [6.07, 6.45) is 7.68. The molecular weight excluding hydrogens is 240 g/mol. The fourth-order valence-electron chi connectivity index (χ4n) is 1.45. The molecule has 0 aromatic heterocycles. The van der Waals surface area contributed by atoms with E-state index >= 15 is 0 Å². The zero-order chi connectivity index (χ0) is 10.6. The molecule has 1 unspecified atom stereocenters. The normalized spacial score (nSPS) is 13.1. The fourth-order valence-corrected chi connectivity index (χ4v) is 1.84. The van der Waals surface area contributed by atoms with E-state index in [1.807, 2.05) is 0 Å². The van der Waals surface area contributed by atoms with E-state index in [9.17, 15) is 0 Å². The number of halogens is 1. The topological polar surface area (TPSA) is 9.23 Å². The molecule has 1 atom stereocenters. The fraction of sp³-hybridized carbons (Fsp3) is 1.00. The van der Waals surface area contributed by atoms with Gasteiger partial charge < -0.3 is 4.74 Å². The Morgan fingerprint density at radius 1 is 1.14 bits per heavy atom. The van der Waals surface area contributed by atoms with Crippen LogP contribution in [0.4, 0.5) is 0 Å². The maximum atomic E-state index is 5.66. The smallest absolute Gasteiger partial charge is 0.0494 e. The first-order valence-corrected chi connectivity index (χ1v) is 7.11. The van der Waals surface area contributed by atoms with Crippen LogP contribution in [0.15, 0.2) is 0 Å². The molecule has 0 N–H and O–H groups in total. The van der Waals surface area contributed by atoms with Crippen LogP contribution in [-0.4, -0.2) is 18.5 Å². The molecule has 0 saturated heterocycles. The number of unbranched alkanes of at least 4 members (excludes halogenated alkanes) is 2. The van der Waals surface area contributed by atoms with Gasteiger partial charge in [-0.2, -0.15) is 0 Å². The van der Waals surface area contributed by atoms with Crippen molar-refractivity contribution in [2.75, 3.05) is 18.5 Å². The van der Waals surface area contributed by atoms with Gasteiger partial charge in [0.25, 0.3) is 0 Å². The molecule has 0 aliphatic rings. The molecule has 0 spiro atoms. The van der Waals surface area contributed by atoms with Crippen molar-refractivity contribution < 1.29 is 4.74 Å². The Bertz CT molecular complexity index is 106. The third-order valence-corrected chi connectivity index (χ3v) is 3.13. The molecule has 0 aliphatic carbocycles. The SMILES string of the molecule is CCCCC(CC)COCCCCBr. The second kappa shape index (κ2) is 11.5. The quantitative estimate of drug-likeness (QED) is 0.420. The lowest BCUT2D eigenvalue weighted by atomic mass is 10.0. The molecule has 0 saturated carbocycles. The second-order valence-electron chi connectivity index (χ2n) is 3.89. The number of alkyl halides is 1. The maximum Gasteiger partial charge on any atom is 0.0494 e. The highest BCUT2D eigenvalue weighted by atomic mass is 79.9. The van der Waals surface area contributed by atoms with Gasteiger partial charge in [-0.15, -0.1) is 0 Å². The van der Waals surface area contributed by atoms with Crippen LogP contribution < -0.4 is 0 Å². The van der Waals surface area contributed by atoms with Gasteiger partial charge in [-0.05, 0) is 25.2 Å². The average molecular weight is 265 g/mol. The Kier molecular flexibility index (Phi) is 11.9. The number of rotatable bonds is 10. The summed E-state index contributed by atoms with van der Waals surface area (Å²) >= 11 is 3.42. The third kappa shape index (κ3) is 9.01. The van der Waals surface area contributed by atoms with Crippen molar-refractivity contribution in [3.8, 4) is 0 Å². The summed E-state index contributed by atoms with van der Waals surface area (Å²) in [6, 6.07) is 0. The summed E-state index contributed by atoms with van der Waals surface area (Å²) in [5, 5.41) is 1.10. The Morgan fingerprint density at radius 2 is 1.93 bits per heavy atom. The van der Waals surface area contributed by atoms with Crippen LogP contribution in [0, 0.1) is 5.92 Å². The van der Waals surface area contributed by atoms with E-state index in [0.717, 1.165) is 24.5 Å². The Morgan fingerprint density at radius 3 is 2.50 bits per heavy atom. The monoisotopic (exact) mass is 264 g/mol. The third-order valence-electron chi connectivity index (χ3n) is 2.57. The summed E-state index contributed by atoms with van der Waals surface area (Å²) in [4.78, 5) is 0. The van der Waals surface area contributed by atoms with Crippen LogP contribution in [0.3, 0.4) is 0 Å². The molecule has 2 heteroatoms. The van der Waals surface area contributed by atoms with Gasteiger partial charge in [0, 0.05) is 18.5 Å². The first-order valence-electron chi connectivity index (χ1n) is 5.98. The molecule has 86 valence electrons. The van der Waals surface area contributed by atoms with Crippen molar-refractivity contribution in [3.05, 3.63) is 0 Å². The van der Waals surface area contributed by atoms with Crippen molar-refractivity contribution in [1.82, 2.24) is 0 Å². The van der Waals surface area contributed by atoms with Crippen LogP contribution in [-0.2, 0) is 4.74 Å². The first-order chi connectivity index (χ1) is 6.85. The molecule has 0 fully saturated rings. The molecule has 0 aromatic carbocycles. The van der Waals surface area contributed by atoms with E-state index < -0.39 is 0 Å². The van der Waals surface area contributed by atoms with Crippen molar-refractivity contribution >= 4 is 15.9 Å². The van der Waals surface area contributed by atoms with E-state index in [1.165, 1.54) is 38.5 Å². The van der Waals surface area contributed by atoms with Gasteiger partial charge in [-0.1, -0.05) is 49.0 Å². The van der Waals surface area contributed by atoms with Gasteiger partial charge >= 0.3 is 0 Å². The van der Waals surface area contributed by atoms with Gasteiger partial charge in [0.1, 0.15) is 0 Å². The highest BCUT2D eigenvalue weighted by Gasteiger charge is 2.05. The largest absolute Gasteiger partial charge is 0.381 e. The van der Waals surface area contributed by atoms with E-state index in [4.69, 9.17) is 4.74 Å². The molecular formula is C12H25BrO. The van der Waals surface area contributed by atoms with Crippen LogP contribution >= 0.6 is 15.9 Å². The van der Waals surface area contributed by atoms with Gasteiger partial charge in [0.15, 0.2) is 0 Å². The van der Waals surface area contributed by atoms with Crippen molar-refractivity contribution in [2.45, 2.75) is 52.4 Å². The predicted octanol–water partition coefficient (Wildman–Crippen LogP) is 4.39. The lowest BCUT2D eigenvalue weighted by molar-refractivity contribution is 0.0920. The van der Waals surface area contributed by atoms with Crippen LogP contribution in [0.5, 0.6) is 0 Å². The zero-order valence-electron chi connectivity index (χ0n) is 9.73. The molecule has 0 rings (SSSR count). The highest BCUT2D eigenvalue weighted by molar-refractivity contribution is 9.09. The van der Waals surface area contributed by atoms with Crippen molar-refractivity contribution in [2.24, 2.45) is 5.92 Å². The lowest BCUT2D eigenvalue weighted by Gasteiger charge is -2.14. The van der Waals surface area contributed by atoms with E-state index in [-0.39, 0.29) is 0 Å². The lowest BCUT2D eigenvalue weighted by Crippen LogP contribution is -2.09. The zero-order valence-corrected chi connectivity index (χ0v) is 11.3. The molecule has 14 heavy (non-hydrogen) atoms. The molecule has 0 heterocycles. The van der Waals surface area contributed by atoms with Crippen LogP contribution in [0.1, 0.15) is 52.4 Å². The number of ether oxygens (including phenoxy) is 1. The molecule has 0 bridgehead atoms. The Labute approximate surface area is 97.7 Å². The maximum absolute atomic E-state index is 5.66. The average Bonchev–Trinajstić information content (AvgIpc) is 2.22. The highest BCUT2D eigenvalue weighted by Crippen LogP contribution is 2.12. The minimum Gasteiger partial charge on any atom is -0.381 e. The summed E-state index contributed by atoms with van der Waals surface area (Å²) in [7, 11) is 0. The van der Waals surface area contributed by atoms with Gasteiger partial charge in [0.05, 0.1) is 0 Å². The van der Waals surface area contributed by atoms with Gasteiger partial charge in [0.2, 0.25) is 0 Å². The van der Waals surface area contributed by atoms with Crippen LogP contribution in [0.25, 0.3) is 0 Å². The molecule has 0 radical (unpaired) electrons. The molecule has 0 amide bonds. The summed E-state index contributed by atoms with van der Waals surface area (Å²) in [6.45, 7) is 6.43. The number of hydrogen-bond donors (Lipinski definition) is 0. The Hall–Kier alpha value is 0.440. The van der Waals surface area contributed by atoms with Crippen molar-refractivity contribution in [3.63, 3.8) is 0 Å². The molecule has 0 aliphatic heterocycles. The first kappa shape index (κ1) is 14.4. The van der Waals surface area contributed by atoms with Crippen molar-refractivity contribution in [1.29, 1.82) is 0 Å². The predicted molar refractivity (Wildman–Crippen MR) is 67.2 cm³/mol. The van der Waals surface area contributed by atoms with E-state index in [2.05, 4.69) is 29.8 Å². The molecule has 1 nitrogen and oxygen atoms in total. The van der Waals surface area contributed by atoms with Gasteiger partial charge in [-0.25, -0.2) is 0 Å². The minimum absolute atomic E-state index is 0.791.